The van der Waals surface area contributed by atoms with E-state index in [0.29, 0.717) is 11.3 Å². The molecule has 3 rings (SSSR count). The number of ketones is 1. The largest absolute Gasteiger partial charge is 0.438 e. The van der Waals surface area contributed by atoms with E-state index in [9.17, 15) is 14.0 Å². The summed E-state index contributed by atoms with van der Waals surface area (Å²) in [7, 11) is 0. The predicted octanol–water partition coefficient (Wildman–Crippen LogP) is 3.60. The van der Waals surface area contributed by atoms with Crippen LogP contribution in [0.25, 0.3) is 6.08 Å². The first-order chi connectivity index (χ1) is 12.1. The summed E-state index contributed by atoms with van der Waals surface area (Å²) in [5.41, 5.74) is 0.903. The SMILES string of the molecule is O=C(C=Cc1ccc(F)cc1)c1ccc(Oc2ccc(=O)[nH]n2)cc1. The third kappa shape index (κ3) is 4.48. The van der Waals surface area contributed by atoms with Crippen molar-refractivity contribution in [1.29, 1.82) is 0 Å². The molecule has 3 aromatic rings. The summed E-state index contributed by atoms with van der Waals surface area (Å²) in [5, 5.41) is 6.00. The van der Waals surface area contributed by atoms with Gasteiger partial charge in [-0.1, -0.05) is 18.2 Å². The molecular formula is C19H13FN2O3. The van der Waals surface area contributed by atoms with Gasteiger partial charge in [-0.3, -0.25) is 9.59 Å². The number of aromatic amines is 1. The normalized spacial score (nSPS) is 10.8. The van der Waals surface area contributed by atoms with Crippen LogP contribution in [-0.2, 0) is 0 Å². The third-order valence-electron chi connectivity index (χ3n) is 3.31. The van der Waals surface area contributed by atoms with Crippen molar-refractivity contribution in [3.63, 3.8) is 0 Å². The molecule has 0 fully saturated rings. The number of allylic oxidation sites excluding steroid dienone is 1. The molecule has 0 saturated carbocycles. The number of hydrogen-bond acceptors (Lipinski definition) is 4. The van der Waals surface area contributed by atoms with Crippen LogP contribution in [0.4, 0.5) is 4.39 Å². The quantitative estimate of drug-likeness (QED) is 0.571. The van der Waals surface area contributed by atoms with Gasteiger partial charge in [-0.2, -0.15) is 0 Å². The highest BCUT2D eigenvalue weighted by molar-refractivity contribution is 6.06. The Morgan fingerprint density at radius 3 is 2.36 bits per heavy atom. The zero-order valence-corrected chi connectivity index (χ0v) is 13.0. The maximum atomic E-state index is 12.8. The maximum absolute atomic E-state index is 12.8. The van der Waals surface area contributed by atoms with E-state index < -0.39 is 0 Å². The fourth-order valence-electron chi connectivity index (χ4n) is 2.04. The zero-order chi connectivity index (χ0) is 17.6. The number of carbonyl (C=O) groups excluding carboxylic acids is 1. The number of rotatable bonds is 5. The number of carbonyl (C=O) groups is 1. The van der Waals surface area contributed by atoms with Crippen molar-refractivity contribution in [3.05, 3.63) is 94.0 Å². The lowest BCUT2D eigenvalue weighted by atomic mass is 10.1. The second kappa shape index (κ2) is 7.35. The van der Waals surface area contributed by atoms with Crippen LogP contribution in [0.5, 0.6) is 11.6 Å². The number of nitrogens with zero attached hydrogens (tertiary/aromatic N) is 1. The van der Waals surface area contributed by atoms with Crippen molar-refractivity contribution in [2.75, 3.05) is 0 Å². The van der Waals surface area contributed by atoms with Gasteiger partial charge in [0.05, 0.1) is 0 Å². The summed E-state index contributed by atoms with van der Waals surface area (Å²) in [4.78, 5) is 23.1. The summed E-state index contributed by atoms with van der Waals surface area (Å²) < 4.78 is 18.3. The minimum Gasteiger partial charge on any atom is -0.438 e. The molecule has 0 bridgehead atoms. The highest BCUT2D eigenvalue weighted by Crippen LogP contribution is 2.19. The Bertz CT molecular complexity index is 941. The van der Waals surface area contributed by atoms with Crippen LogP contribution in [0.1, 0.15) is 15.9 Å². The monoisotopic (exact) mass is 336 g/mol. The molecule has 5 nitrogen and oxygen atoms in total. The standard InChI is InChI=1S/C19H13FN2O3/c20-15-6-1-13(2-7-15)3-10-17(23)14-4-8-16(9-5-14)25-19-12-11-18(24)21-22-19/h1-12H,(H,21,24). The Hall–Kier alpha value is -3.54. The number of aromatic nitrogens is 2. The lowest BCUT2D eigenvalue weighted by molar-refractivity contribution is 0.104. The van der Waals surface area contributed by atoms with E-state index in [0.717, 1.165) is 5.56 Å². The van der Waals surface area contributed by atoms with Gasteiger partial charge in [0.15, 0.2) is 5.78 Å². The van der Waals surface area contributed by atoms with Crippen LogP contribution in [0.2, 0.25) is 0 Å². The van der Waals surface area contributed by atoms with Gasteiger partial charge < -0.3 is 4.74 Å². The van der Waals surface area contributed by atoms with E-state index in [2.05, 4.69) is 10.2 Å². The van der Waals surface area contributed by atoms with Crippen molar-refractivity contribution < 1.29 is 13.9 Å². The smallest absolute Gasteiger partial charge is 0.264 e. The number of nitrogens with one attached hydrogen (secondary N) is 1. The van der Waals surface area contributed by atoms with E-state index in [1.807, 2.05) is 0 Å². The predicted molar refractivity (Wildman–Crippen MR) is 91.1 cm³/mol. The Kier molecular flexibility index (Phi) is 4.80. The molecule has 1 heterocycles. The molecule has 6 heteroatoms. The van der Waals surface area contributed by atoms with Gasteiger partial charge in [-0.25, -0.2) is 9.49 Å². The molecule has 2 aromatic carbocycles. The van der Waals surface area contributed by atoms with Gasteiger partial charge in [0.2, 0.25) is 5.88 Å². The van der Waals surface area contributed by atoms with E-state index in [4.69, 9.17) is 4.74 Å². The Morgan fingerprint density at radius 1 is 1.00 bits per heavy atom. The van der Waals surface area contributed by atoms with Gasteiger partial charge in [0, 0.05) is 17.7 Å². The second-order valence-corrected chi connectivity index (χ2v) is 5.14. The average Bonchev–Trinajstić information content (AvgIpc) is 2.63. The lowest BCUT2D eigenvalue weighted by Gasteiger charge is -2.04. The molecule has 1 aromatic heterocycles. The molecule has 0 unspecified atom stereocenters. The molecule has 0 aliphatic carbocycles. The van der Waals surface area contributed by atoms with Crippen molar-refractivity contribution in [3.8, 4) is 11.6 Å². The van der Waals surface area contributed by atoms with E-state index in [1.165, 1.54) is 30.3 Å². The van der Waals surface area contributed by atoms with Crippen LogP contribution >= 0.6 is 0 Å². The Balaban J connectivity index is 1.66. The van der Waals surface area contributed by atoms with Gasteiger partial charge in [0.25, 0.3) is 5.56 Å². The molecule has 1 N–H and O–H groups in total. The van der Waals surface area contributed by atoms with Gasteiger partial charge >= 0.3 is 0 Å². The molecule has 25 heavy (non-hydrogen) atoms. The molecule has 124 valence electrons. The van der Waals surface area contributed by atoms with Crippen molar-refractivity contribution in [1.82, 2.24) is 10.2 Å². The van der Waals surface area contributed by atoms with Crippen LogP contribution in [-0.4, -0.2) is 16.0 Å². The number of halogens is 1. The highest BCUT2D eigenvalue weighted by Gasteiger charge is 2.04. The summed E-state index contributed by atoms with van der Waals surface area (Å²) in [6.07, 6.45) is 3.04. The number of benzene rings is 2. The van der Waals surface area contributed by atoms with Crippen LogP contribution < -0.4 is 10.3 Å². The lowest BCUT2D eigenvalue weighted by Crippen LogP contribution is -2.05. The first-order valence-electron chi connectivity index (χ1n) is 7.42. The van der Waals surface area contributed by atoms with Crippen LogP contribution in [0.15, 0.2) is 71.5 Å². The number of ether oxygens (including phenoxy) is 1. The van der Waals surface area contributed by atoms with E-state index in [-0.39, 0.29) is 23.0 Å². The summed E-state index contributed by atoms with van der Waals surface area (Å²) in [5.74, 6) is 0.225. The molecule has 0 atom stereocenters. The Morgan fingerprint density at radius 2 is 1.72 bits per heavy atom. The van der Waals surface area contributed by atoms with Crippen molar-refractivity contribution in [2.45, 2.75) is 0 Å². The van der Waals surface area contributed by atoms with E-state index in [1.54, 1.807) is 42.5 Å². The van der Waals surface area contributed by atoms with Gasteiger partial charge in [-0.05, 0) is 48.0 Å². The van der Waals surface area contributed by atoms with Gasteiger partial charge in [-0.15, -0.1) is 5.10 Å². The van der Waals surface area contributed by atoms with Crippen molar-refractivity contribution in [2.24, 2.45) is 0 Å². The molecular weight excluding hydrogens is 323 g/mol. The second-order valence-electron chi connectivity index (χ2n) is 5.14. The zero-order valence-electron chi connectivity index (χ0n) is 13.0. The fourth-order valence-corrected chi connectivity index (χ4v) is 2.04. The molecule has 0 radical (unpaired) electrons. The summed E-state index contributed by atoms with van der Waals surface area (Å²) >= 11 is 0. The maximum Gasteiger partial charge on any atom is 0.264 e. The first-order valence-corrected chi connectivity index (χ1v) is 7.42. The minimum atomic E-state index is -0.323. The number of hydrogen-bond donors (Lipinski definition) is 1. The van der Waals surface area contributed by atoms with Gasteiger partial charge in [0.1, 0.15) is 11.6 Å². The summed E-state index contributed by atoms with van der Waals surface area (Å²) in [6, 6.07) is 15.1. The van der Waals surface area contributed by atoms with Crippen LogP contribution in [0, 0.1) is 5.82 Å². The van der Waals surface area contributed by atoms with Crippen LogP contribution in [0.3, 0.4) is 0 Å². The molecule has 0 saturated heterocycles. The molecule has 0 aliphatic rings. The number of H-pyrrole nitrogens is 1. The first kappa shape index (κ1) is 16.3. The highest BCUT2D eigenvalue weighted by atomic mass is 19.1. The Labute approximate surface area is 142 Å². The molecule has 0 spiro atoms. The summed E-state index contributed by atoms with van der Waals surface area (Å²) in [6.45, 7) is 0. The van der Waals surface area contributed by atoms with E-state index >= 15 is 0 Å². The fraction of sp³-hybridized carbons (Fsp3) is 0. The topological polar surface area (TPSA) is 72.1 Å². The van der Waals surface area contributed by atoms with Crippen molar-refractivity contribution >= 4 is 11.9 Å². The minimum absolute atomic E-state index is 0.182. The third-order valence-corrected chi connectivity index (χ3v) is 3.31. The molecule has 0 amide bonds. The average molecular weight is 336 g/mol. The molecule has 0 aliphatic heterocycles.